The Labute approximate surface area is 105 Å². The van der Waals surface area contributed by atoms with Crippen LogP contribution in [0.5, 0.6) is 0 Å². The SMILES string of the molecule is Cc1cccc(SCc2ccnc(C#N)c2)c1. The van der Waals surface area contributed by atoms with Crippen LogP contribution in [0.2, 0.25) is 0 Å². The van der Waals surface area contributed by atoms with Gasteiger partial charge in [0, 0.05) is 16.8 Å². The van der Waals surface area contributed by atoms with Gasteiger partial charge in [0.15, 0.2) is 0 Å². The van der Waals surface area contributed by atoms with E-state index in [-0.39, 0.29) is 0 Å². The average Bonchev–Trinajstić information content (AvgIpc) is 2.37. The summed E-state index contributed by atoms with van der Waals surface area (Å²) in [5.41, 5.74) is 2.87. The second-order valence-electron chi connectivity index (χ2n) is 3.77. The normalized spacial score (nSPS) is 9.88. The molecule has 2 nitrogen and oxygen atoms in total. The van der Waals surface area contributed by atoms with Gasteiger partial charge in [-0.05, 0) is 36.8 Å². The Bertz CT molecular complexity index is 558. The molecule has 0 N–H and O–H groups in total. The van der Waals surface area contributed by atoms with Gasteiger partial charge in [0.25, 0.3) is 0 Å². The maximum atomic E-state index is 8.76. The van der Waals surface area contributed by atoms with Crippen molar-refractivity contribution < 1.29 is 0 Å². The first kappa shape index (κ1) is 11.7. The topological polar surface area (TPSA) is 36.7 Å². The highest BCUT2D eigenvalue weighted by molar-refractivity contribution is 7.98. The van der Waals surface area contributed by atoms with Gasteiger partial charge in [-0.25, -0.2) is 4.98 Å². The fraction of sp³-hybridized carbons (Fsp3) is 0.143. The average molecular weight is 240 g/mol. The van der Waals surface area contributed by atoms with Crippen molar-refractivity contribution in [3.05, 3.63) is 59.4 Å². The lowest BCUT2D eigenvalue weighted by atomic mass is 10.2. The van der Waals surface area contributed by atoms with E-state index in [1.165, 1.54) is 10.5 Å². The molecule has 0 atom stereocenters. The van der Waals surface area contributed by atoms with Crippen LogP contribution in [-0.2, 0) is 5.75 Å². The Hall–Kier alpha value is -1.79. The molecule has 0 radical (unpaired) electrons. The third kappa shape index (κ3) is 3.33. The minimum Gasteiger partial charge on any atom is -0.246 e. The van der Waals surface area contributed by atoms with Crippen LogP contribution in [0.15, 0.2) is 47.5 Å². The number of rotatable bonds is 3. The first-order chi connectivity index (χ1) is 8.28. The zero-order chi connectivity index (χ0) is 12.1. The standard InChI is InChI=1S/C14H12N2S/c1-11-3-2-4-14(7-11)17-10-12-5-6-16-13(8-12)9-15/h2-8H,10H2,1H3. The third-order valence-corrected chi connectivity index (χ3v) is 3.40. The molecule has 0 aliphatic rings. The molecule has 0 bridgehead atoms. The molecule has 0 unspecified atom stereocenters. The summed E-state index contributed by atoms with van der Waals surface area (Å²) < 4.78 is 0. The number of hydrogen-bond donors (Lipinski definition) is 0. The van der Waals surface area contributed by atoms with E-state index >= 15 is 0 Å². The molecule has 0 spiro atoms. The number of pyridine rings is 1. The molecule has 3 heteroatoms. The van der Waals surface area contributed by atoms with Gasteiger partial charge in [-0.2, -0.15) is 5.26 Å². The molecule has 84 valence electrons. The molecular weight excluding hydrogens is 228 g/mol. The molecule has 1 aromatic heterocycles. The third-order valence-electron chi connectivity index (χ3n) is 2.33. The molecule has 0 amide bonds. The van der Waals surface area contributed by atoms with Gasteiger partial charge in [-0.15, -0.1) is 11.8 Å². The number of aromatic nitrogens is 1. The highest BCUT2D eigenvalue weighted by atomic mass is 32.2. The molecule has 0 aliphatic heterocycles. The van der Waals surface area contributed by atoms with Crippen LogP contribution in [0.3, 0.4) is 0 Å². The Balaban J connectivity index is 2.05. The number of aryl methyl sites for hydroxylation is 1. The first-order valence-electron chi connectivity index (χ1n) is 5.32. The number of nitrogens with zero attached hydrogens (tertiary/aromatic N) is 2. The second kappa shape index (κ2) is 5.51. The molecule has 2 rings (SSSR count). The predicted octanol–water partition coefficient (Wildman–Crippen LogP) is 3.55. The summed E-state index contributed by atoms with van der Waals surface area (Å²) in [6, 6.07) is 14.3. The summed E-state index contributed by atoms with van der Waals surface area (Å²) in [5.74, 6) is 0.862. The number of benzene rings is 1. The van der Waals surface area contributed by atoms with Gasteiger partial charge in [0.1, 0.15) is 11.8 Å². The highest BCUT2D eigenvalue weighted by Crippen LogP contribution is 2.23. The molecular formula is C14H12N2S. The lowest BCUT2D eigenvalue weighted by Gasteiger charge is -2.03. The van der Waals surface area contributed by atoms with Gasteiger partial charge in [0.05, 0.1) is 0 Å². The summed E-state index contributed by atoms with van der Waals surface area (Å²) in [6.07, 6.45) is 1.69. The molecule has 1 aromatic carbocycles. The van der Waals surface area contributed by atoms with Crippen LogP contribution in [0, 0.1) is 18.3 Å². The van der Waals surface area contributed by atoms with Crippen LogP contribution in [0.1, 0.15) is 16.8 Å². The molecule has 0 aliphatic carbocycles. The van der Waals surface area contributed by atoms with E-state index in [4.69, 9.17) is 5.26 Å². The summed E-state index contributed by atoms with van der Waals surface area (Å²) in [6.45, 7) is 2.09. The lowest BCUT2D eigenvalue weighted by molar-refractivity contribution is 1.22. The Morgan fingerprint density at radius 2 is 2.18 bits per heavy atom. The van der Waals surface area contributed by atoms with E-state index in [1.54, 1.807) is 18.0 Å². The number of thioether (sulfide) groups is 1. The van der Waals surface area contributed by atoms with Gasteiger partial charge in [0.2, 0.25) is 0 Å². The Morgan fingerprint density at radius 1 is 1.29 bits per heavy atom. The van der Waals surface area contributed by atoms with E-state index in [1.807, 2.05) is 12.1 Å². The van der Waals surface area contributed by atoms with Crippen molar-refractivity contribution >= 4 is 11.8 Å². The largest absolute Gasteiger partial charge is 0.246 e. The zero-order valence-electron chi connectivity index (χ0n) is 9.55. The summed E-state index contributed by atoms with van der Waals surface area (Å²) in [5, 5.41) is 8.76. The van der Waals surface area contributed by atoms with E-state index in [9.17, 15) is 0 Å². The van der Waals surface area contributed by atoms with Crippen LogP contribution in [-0.4, -0.2) is 4.98 Å². The van der Waals surface area contributed by atoms with E-state index in [0.717, 1.165) is 11.3 Å². The fourth-order valence-corrected chi connectivity index (χ4v) is 2.45. The lowest BCUT2D eigenvalue weighted by Crippen LogP contribution is -1.86. The van der Waals surface area contributed by atoms with Crippen molar-refractivity contribution in [2.75, 3.05) is 0 Å². The van der Waals surface area contributed by atoms with Crippen molar-refractivity contribution in [3.63, 3.8) is 0 Å². The maximum Gasteiger partial charge on any atom is 0.140 e. The van der Waals surface area contributed by atoms with E-state index in [2.05, 4.69) is 42.2 Å². The monoisotopic (exact) mass is 240 g/mol. The van der Waals surface area contributed by atoms with Crippen molar-refractivity contribution in [1.82, 2.24) is 4.98 Å². The second-order valence-corrected chi connectivity index (χ2v) is 4.82. The zero-order valence-corrected chi connectivity index (χ0v) is 10.4. The molecule has 17 heavy (non-hydrogen) atoms. The quantitative estimate of drug-likeness (QED) is 0.770. The van der Waals surface area contributed by atoms with Crippen LogP contribution in [0.4, 0.5) is 0 Å². The van der Waals surface area contributed by atoms with Crippen molar-refractivity contribution in [1.29, 1.82) is 5.26 Å². The Kier molecular flexibility index (Phi) is 3.79. The van der Waals surface area contributed by atoms with Crippen molar-refractivity contribution in [2.24, 2.45) is 0 Å². The van der Waals surface area contributed by atoms with Gasteiger partial charge in [-0.3, -0.25) is 0 Å². The smallest absolute Gasteiger partial charge is 0.140 e. The van der Waals surface area contributed by atoms with E-state index in [0.29, 0.717) is 5.69 Å². The molecule has 0 saturated heterocycles. The summed E-state index contributed by atoms with van der Waals surface area (Å²) in [7, 11) is 0. The fourth-order valence-electron chi connectivity index (χ4n) is 1.50. The van der Waals surface area contributed by atoms with E-state index < -0.39 is 0 Å². The minimum atomic E-state index is 0.479. The van der Waals surface area contributed by atoms with Crippen LogP contribution >= 0.6 is 11.8 Å². The summed E-state index contributed by atoms with van der Waals surface area (Å²) >= 11 is 1.77. The van der Waals surface area contributed by atoms with Crippen LogP contribution in [0.25, 0.3) is 0 Å². The maximum absolute atomic E-state index is 8.76. The molecule has 1 heterocycles. The predicted molar refractivity (Wildman–Crippen MR) is 69.7 cm³/mol. The van der Waals surface area contributed by atoms with Crippen LogP contribution < -0.4 is 0 Å². The Morgan fingerprint density at radius 3 is 2.94 bits per heavy atom. The van der Waals surface area contributed by atoms with Gasteiger partial charge in [-0.1, -0.05) is 17.7 Å². The van der Waals surface area contributed by atoms with Crippen molar-refractivity contribution in [3.8, 4) is 6.07 Å². The molecule has 0 fully saturated rings. The van der Waals surface area contributed by atoms with Crippen molar-refractivity contribution in [2.45, 2.75) is 17.6 Å². The minimum absolute atomic E-state index is 0.479. The highest BCUT2D eigenvalue weighted by Gasteiger charge is 1.99. The number of hydrogen-bond acceptors (Lipinski definition) is 3. The van der Waals surface area contributed by atoms with Gasteiger partial charge < -0.3 is 0 Å². The van der Waals surface area contributed by atoms with Gasteiger partial charge >= 0.3 is 0 Å². The molecule has 2 aromatic rings. The number of nitriles is 1. The summed E-state index contributed by atoms with van der Waals surface area (Å²) in [4.78, 5) is 5.21. The molecule has 0 saturated carbocycles. The first-order valence-corrected chi connectivity index (χ1v) is 6.31.